The second-order valence-corrected chi connectivity index (χ2v) is 6.36. The first-order chi connectivity index (χ1) is 10.1. The lowest BCUT2D eigenvalue weighted by atomic mass is 10.1. The molecule has 2 aromatic rings. The Morgan fingerprint density at radius 1 is 1.00 bits per heavy atom. The molecule has 0 saturated carbocycles. The molecule has 1 saturated heterocycles. The van der Waals surface area contributed by atoms with Crippen LogP contribution in [0, 0.1) is 0 Å². The zero-order chi connectivity index (χ0) is 14.7. The largest absolute Gasteiger partial charge is 0.382 e. The summed E-state index contributed by atoms with van der Waals surface area (Å²) in [5.74, 6) is 0. The third-order valence-electron chi connectivity index (χ3n) is 4.08. The number of benzene rings is 2. The number of nitrogens with one attached hydrogen (secondary N) is 1. The SMILES string of the molecule is CC1(C)CCC(CNc2ccc(-c3ccccc3)cc2)O1. The van der Waals surface area contributed by atoms with E-state index in [2.05, 4.69) is 67.7 Å². The lowest BCUT2D eigenvalue weighted by Crippen LogP contribution is -2.24. The minimum atomic E-state index is 0.0452. The third kappa shape index (κ3) is 3.64. The summed E-state index contributed by atoms with van der Waals surface area (Å²) in [6, 6.07) is 19.1. The molecule has 0 bridgehead atoms. The fourth-order valence-corrected chi connectivity index (χ4v) is 2.86. The van der Waals surface area contributed by atoms with Gasteiger partial charge >= 0.3 is 0 Å². The van der Waals surface area contributed by atoms with Gasteiger partial charge in [-0.25, -0.2) is 0 Å². The monoisotopic (exact) mass is 281 g/mol. The predicted molar refractivity (Wildman–Crippen MR) is 88.6 cm³/mol. The number of hydrogen-bond donors (Lipinski definition) is 1. The van der Waals surface area contributed by atoms with Crippen molar-refractivity contribution < 1.29 is 4.74 Å². The highest BCUT2D eigenvalue weighted by Crippen LogP contribution is 2.29. The van der Waals surface area contributed by atoms with Crippen LogP contribution in [0.1, 0.15) is 26.7 Å². The van der Waals surface area contributed by atoms with Crippen molar-refractivity contribution in [2.24, 2.45) is 0 Å². The molecule has 1 N–H and O–H groups in total. The van der Waals surface area contributed by atoms with Crippen molar-refractivity contribution in [3.05, 3.63) is 54.6 Å². The normalized spacial score (nSPS) is 20.4. The number of hydrogen-bond acceptors (Lipinski definition) is 2. The van der Waals surface area contributed by atoms with Gasteiger partial charge in [-0.2, -0.15) is 0 Å². The van der Waals surface area contributed by atoms with Gasteiger partial charge in [0.25, 0.3) is 0 Å². The molecule has 1 fully saturated rings. The van der Waals surface area contributed by atoms with E-state index in [0.717, 1.165) is 25.1 Å². The molecule has 2 heteroatoms. The Hall–Kier alpha value is -1.80. The molecular weight excluding hydrogens is 258 g/mol. The van der Waals surface area contributed by atoms with Gasteiger partial charge in [-0.15, -0.1) is 0 Å². The fraction of sp³-hybridized carbons (Fsp3) is 0.368. The lowest BCUT2D eigenvalue weighted by molar-refractivity contribution is -0.00910. The molecule has 0 amide bonds. The quantitative estimate of drug-likeness (QED) is 0.875. The Bertz CT molecular complexity index is 574. The zero-order valence-electron chi connectivity index (χ0n) is 12.8. The van der Waals surface area contributed by atoms with Crippen LogP contribution in [0.15, 0.2) is 54.6 Å². The van der Waals surface area contributed by atoms with E-state index in [9.17, 15) is 0 Å². The van der Waals surface area contributed by atoms with E-state index in [1.165, 1.54) is 11.1 Å². The van der Waals surface area contributed by atoms with E-state index in [4.69, 9.17) is 4.74 Å². The van der Waals surface area contributed by atoms with Gasteiger partial charge in [0, 0.05) is 12.2 Å². The van der Waals surface area contributed by atoms with Crippen LogP contribution >= 0.6 is 0 Å². The van der Waals surface area contributed by atoms with Crippen molar-refractivity contribution in [2.75, 3.05) is 11.9 Å². The molecule has 1 atom stereocenters. The van der Waals surface area contributed by atoms with Crippen LogP contribution in [0.25, 0.3) is 11.1 Å². The molecule has 1 unspecified atom stereocenters. The van der Waals surface area contributed by atoms with Gasteiger partial charge in [-0.1, -0.05) is 42.5 Å². The van der Waals surface area contributed by atoms with Crippen LogP contribution in [-0.2, 0) is 4.74 Å². The minimum absolute atomic E-state index is 0.0452. The Balaban J connectivity index is 1.58. The third-order valence-corrected chi connectivity index (χ3v) is 4.08. The van der Waals surface area contributed by atoms with E-state index in [0.29, 0.717) is 6.10 Å². The van der Waals surface area contributed by atoms with Crippen molar-refractivity contribution in [3.8, 4) is 11.1 Å². The van der Waals surface area contributed by atoms with Crippen molar-refractivity contribution in [1.82, 2.24) is 0 Å². The van der Waals surface area contributed by atoms with E-state index in [-0.39, 0.29) is 5.60 Å². The molecule has 1 aliphatic heterocycles. The maximum atomic E-state index is 6.00. The molecule has 0 radical (unpaired) electrons. The molecular formula is C19H23NO. The molecule has 0 aliphatic carbocycles. The van der Waals surface area contributed by atoms with Gasteiger partial charge < -0.3 is 10.1 Å². The van der Waals surface area contributed by atoms with Crippen LogP contribution in [-0.4, -0.2) is 18.2 Å². The van der Waals surface area contributed by atoms with Crippen LogP contribution in [0.5, 0.6) is 0 Å². The molecule has 2 aromatic carbocycles. The van der Waals surface area contributed by atoms with E-state index >= 15 is 0 Å². The smallest absolute Gasteiger partial charge is 0.0755 e. The Kier molecular flexibility index (Phi) is 3.98. The molecule has 110 valence electrons. The minimum Gasteiger partial charge on any atom is -0.382 e. The summed E-state index contributed by atoms with van der Waals surface area (Å²) >= 11 is 0. The Morgan fingerprint density at radius 3 is 2.29 bits per heavy atom. The highest BCUT2D eigenvalue weighted by molar-refractivity contribution is 5.65. The number of anilines is 1. The van der Waals surface area contributed by atoms with E-state index in [1.54, 1.807) is 0 Å². The van der Waals surface area contributed by atoms with Gasteiger partial charge in [-0.05, 0) is 49.9 Å². The first kappa shape index (κ1) is 14.2. The molecule has 1 aliphatic rings. The molecule has 0 spiro atoms. The summed E-state index contributed by atoms with van der Waals surface area (Å²) in [5.41, 5.74) is 3.70. The lowest BCUT2D eigenvalue weighted by Gasteiger charge is -2.19. The van der Waals surface area contributed by atoms with Crippen molar-refractivity contribution in [1.29, 1.82) is 0 Å². The summed E-state index contributed by atoms with van der Waals surface area (Å²) in [6.45, 7) is 5.22. The van der Waals surface area contributed by atoms with Gasteiger partial charge in [0.1, 0.15) is 0 Å². The molecule has 0 aromatic heterocycles. The van der Waals surface area contributed by atoms with Crippen molar-refractivity contribution in [3.63, 3.8) is 0 Å². The van der Waals surface area contributed by atoms with Crippen molar-refractivity contribution in [2.45, 2.75) is 38.4 Å². The van der Waals surface area contributed by atoms with Crippen LogP contribution in [0.3, 0.4) is 0 Å². The number of ether oxygens (including phenoxy) is 1. The first-order valence-electron chi connectivity index (χ1n) is 7.70. The summed E-state index contributed by atoms with van der Waals surface area (Å²) in [4.78, 5) is 0. The van der Waals surface area contributed by atoms with Gasteiger partial charge in [0.15, 0.2) is 0 Å². The summed E-state index contributed by atoms with van der Waals surface area (Å²) in [5, 5.41) is 3.48. The predicted octanol–water partition coefficient (Wildman–Crippen LogP) is 4.72. The topological polar surface area (TPSA) is 21.3 Å². The average molecular weight is 281 g/mol. The molecule has 2 nitrogen and oxygen atoms in total. The first-order valence-corrected chi connectivity index (χ1v) is 7.70. The Labute approximate surface area is 127 Å². The van der Waals surface area contributed by atoms with Gasteiger partial charge in [0.05, 0.1) is 11.7 Å². The summed E-state index contributed by atoms with van der Waals surface area (Å²) < 4.78 is 6.00. The second-order valence-electron chi connectivity index (χ2n) is 6.36. The summed E-state index contributed by atoms with van der Waals surface area (Å²) in [6.07, 6.45) is 2.61. The number of rotatable bonds is 4. The summed E-state index contributed by atoms with van der Waals surface area (Å²) in [7, 11) is 0. The zero-order valence-corrected chi connectivity index (χ0v) is 12.8. The average Bonchev–Trinajstić information content (AvgIpc) is 2.86. The maximum Gasteiger partial charge on any atom is 0.0755 e. The van der Waals surface area contributed by atoms with E-state index < -0.39 is 0 Å². The van der Waals surface area contributed by atoms with Crippen LogP contribution in [0.4, 0.5) is 5.69 Å². The standard InChI is InChI=1S/C19H23NO/c1-19(2)13-12-18(21-19)14-20-17-10-8-16(9-11-17)15-6-4-3-5-7-15/h3-11,18,20H,12-14H2,1-2H3. The molecule has 1 heterocycles. The van der Waals surface area contributed by atoms with Gasteiger partial charge in [0.2, 0.25) is 0 Å². The van der Waals surface area contributed by atoms with Gasteiger partial charge in [-0.3, -0.25) is 0 Å². The van der Waals surface area contributed by atoms with Crippen molar-refractivity contribution >= 4 is 5.69 Å². The second kappa shape index (κ2) is 5.90. The maximum absolute atomic E-state index is 6.00. The van der Waals surface area contributed by atoms with Crippen LogP contribution < -0.4 is 5.32 Å². The van der Waals surface area contributed by atoms with E-state index in [1.807, 2.05) is 6.07 Å². The highest BCUT2D eigenvalue weighted by Gasteiger charge is 2.31. The van der Waals surface area contributed by atoms with Crippen LogP contribution in [0.2, 0.25) is 0 Å². The molecule has 3 rings (SSSR count). The Morgan fingerprint density at radius 2 is 1.67 bits per heavy atom. The molecule has 21 heavy (non-hydrogen) atoms. The fourth-order valence-electron chi connectivity index (χ4n) is 2.86. The highest BCUT2D eigenvalue weighted by atomic mass is 16.5.